The molecule has 0 spiro atoms. The number of hydrogen-bond donors (Lipinski definition) is 2. The summed E-state index contributed by atoms with van der Waals surface area (Å²) in [6.45, 7) is 5.89. The Morgan fingerprint density at radius 2 is 1.56 bits per heavy atom. The molecule has 7 heteroatoms. The first-order chi connectivity index (χ1) is 15.3. The van der Waals surface area contributed by atoms with Gasteiger partial charge in [0.25, 0.3) is 11.8 Å². The van der Waals surface area contributed by atoms with E-state index in [4.69, 9.17) is 9.47 Å². The molecule has 1 unspecified atom stereocenters. The Morgan fingerprint density at radius 1 is 0.938 bits per heavy atom. The van der Waals surface area contributed by atoms with Gasteiger partial charge in [0.1, 0.15) is 18.1 Å². The van der Waals surface area contributed by atoms with E-state index in [1.54, 1.807) is 31.2 Å². The van der Waals surface area contributed by atoms with Gasteiger partial charge in [0.15, 0.2) is 6.10 Å². The van der Waals surface area contributed by atoms with Crippen molar-refractivity contribution in [3.63, 3.8) is 0 Å². The molecule has 0 heterocycles. The number of amides is 2. The number of rotatable bonds is 7. The summed E-state index contributed by atoms with van der Waals surface area (Å²) in [5.74, 6) is 0.406. The summed E-state index contributed by atoms with van der Waals surface area (Å²) in [5.41, 5.74) is 8.10. The number of aryl methyl sites for hydroxylation is 2. The number of carbonyl (C=O) groups is 2. The molecule has 0 aliphatic rings. The quantitative estimate of drug-likeness (QED) is 0.457. The van der Waals surface area contributed by atoms with Crippen molar-refractivity contribution in [2.24, 2.45) is 0 Å². The number of carbonyl (C=O) groups excluding carboxylic acids is 2. The van der Waals surface area contributed by atoms with Crippen molar-refractivity contribution in [1.29, 1.82) is 0 Å². The first-order valence-electron chi connectivity index (χ1n) is 10.1. The van der Waals surface area contributed by atoms with Gasteiger partial charge in [0, 0.05) is 10.0 Å². The van der Waals surface area contributed by atoms with Crippen LogP contribution in [0.25, 0.3) is 0 Å². The van der Waals surface area contributed by atoms with Crippen LogP contribution in [0.15, 0.2) is 71.2 Å². The van der Waals surface area contributed by atoms with Gasteiger partial charge < -0.3 is 9.47 Å². The minimum atomic E-state index is -0.789. The van der Waals surface area contributed by atoms with Crippen LogP contribution in [0.5, 0.6) is 11.5 Å². The van der Waals surface area contributed by atoms with E-state index in [1.165, 1.54) is 0 Å². The summed E-state index contributed by atoms with van der Waals surface area (Å²) < 4.78 is 12.5. The standard InChI is InChI=1S/C25H25BrN2O4/c1-16-13-21(26)14-17(2)23(16)32-18(3)24(29)27-28-25(30)20-9-11-22(12-10-20)31-15-19-7-5-4-6-8-19/h4-14,18H,15H2,1-3H3,(H,27,29)(H,28,30). The molecule has 0 fully saturated rings. The van der Waals surface area contributed by atoms with Crippen LogP contribution in [0.3, 0.4) is 0 Å². The van der Waals surface area contributed by atoms with Gasteiger partial charge in [-0.05, 0) is 73.9 Å². The normalized spacial score (nSPS) is 11.4. The van der Waals surface area contributed by atoms with Crippen LogP contribution < -0.4 is 20.3 Å². The highest BCUT2D eigenvalue weighted by molar-refractivity contribution is 9.10. The van der Waals surface area contributed by atoms with Gasteiger partial charge in [-0.3, -0.25) is 20.4 Å². The molecule has 166 valence electrons. The Labute approximate surface area is 196 Å². The molecule has 0 radical (unpaired) electrons. The van der Waals surface area contributed by atoms with Gasteiger partial charge in [0.2, 0.25) is 0 Å². The smallest absolute Gasteiger partial charge is 0.279 e. The zero-order chi connectivity index (χ0) is 23.1. The number of nitrogens with one attached hydrogen (secondary N) is 2. The average Bonchev–Trinajstić information content (AvgIpc) is 2.79. The summed E-state index contributed by atoms with van der Waals surface area (Å²) in [7, 11) is 0. The molecular weight excluding hydrogens is 472 g/mol. The molecule has 0 aliphatic heterocycles. The lowest BCUT2D eigenvalue weighted by atomic mass is 10.1. The highest BCUT2D eigenvalue weighted by Crippen LogP contribution is 2.28. The third-order valence-electron chi connectivity index (χ3n) is 4.75. The zero-order valence-corrected chi connectivity index (χ0v) is 19.7. The summed E-state index contributed by atoms with van der Waals surface area (Å²) in [6.07, 6.45) is -0.789. The van der Waals surface area contributed by atoms with Crippen molar-refractivity contribution in [2.45, 2.75) is 33.5 Å². The third kappa shape index (κ3) is 6.34. The Kier molecular flexibility index (Phi) is 7.89. The summed E-state index contributed by atoms with van der Waals surface area (Å²) in [5, 5.41) is 0. The predicted molar refractivity (Wildman–Crippen MR) is 127 cm³/mol. The largest absolute Gasteiger partial charge is 0.489 e. The Hall–Kier alpha value is -3.32. The van der Waals surface area contributed by atoms with E-state index in [2.05, 4.69) is 26.8 Å². The molecule has 0 aromatic heterocycles. The Morgan fingerprint density at radius 3 is 2.19 bits per heavy atom. The molecule has 2 N–H and O–H groups in total. The topological polar surface area (TPSA) is 76.7 Å². The molecule has 2 amide bonds. The van der Waals surface area contributed by atoms with Crippen LogP contribution in [0.2, 0.25) is 0 Å². The fourth-order valence-electron chi connectivity index (χ4n) is 3.05. The first kappa shape index (κ1) is 23.3. The maximum absolute atomic E-state index is 12.4. The fraction of sp³-hybridized carbons (Fsp3) is 0.200. The second-order valence-corrected chi connectivity index (χ2v) is 8.29. The summed E-state index contributed by atoms with van der Waals surface area (Å²) >= 11 is 3.44. The van der Waals surface area contributed by atoms with Crippen LogP contribution in [0, 0.1) is 13.8 Å². The molecule has 3 aromatic carbocycles. The maximum Gasteiger partial charge on any atom is 0.279 e. The average molecular weight is 497 g/mol. The van der Waals surface area contributed by atoms with Crippen molar-refractivity contribution in [2.75, 3.05) is 0 Å². The molecule has 6 nitrogen and oxygen atoms in total. The predicted octanol–water partition coefficient (Wildman–Crippen LogP) is 4.87. The van der Waals surface area contributed by atoms with Gasteiger partial charge in [0.05, 0.1) is 0 Å². The third-order valence-corrected chi connectivity index (χ3v) is 5.21. The molecule has 0 saturated carbocycles. The van der Waals surface area contributed by atoms with Crippen LogP contribution >= 0.6 is 15.9 Å². The minimum Gasteiger partial charge on any atom is -0.489 e. The number of hydrogen-bond acceptors (Lipinski definition) is 4. The maximum atomic E-state index is 12.4. The van der Waals surface area contributed by atoms with Gasteiger partial charge in [-0.15, -0.1) is 0 Å². The highest BCUT2D eigenvalue weighted by Gasteiger charge is 2.18. The lowest BCUT2D eigenvalue weighted by Crippen LogP contribution is -2.47. The van der Waals surface area contributed by atoms with E-state index in [0.29, 0.717) is 23.7 Å². The molecule has 32 heavy (non-hydrogen) atoms. The number of halogens is 1. The number of benzene rings is 3. The second-order valence-electron chi connectivity index (χ2n) is 7.37. The Bertz CT molecular complexity index is 1060. The van der Waals surface area contributed by atoms with Gasteiger partial charge in [-0.25, -0.2) is 0 Å². The number of hydrazine groups is 1. The van der Waals surface area contributed by atoms with Crippen molar-refractivity contribution in [1.82, 2.24) is 10.9 Å². The summed E-state index contributed by atoms with van der Waals surface area (Å²) in [6, 6.07) is 20.3. The lowest BCUT2D eigenvalue weighted by molar-refractivity contribution is -0.128. The van der Waals surface area contributed by atoms with Crippen molar-refractivity contribution in [3.05, 3.63) is 93.5 Å². The zero-order valence-electron chi connectivity index (χ0n) is 18.1. The molecular formula is C25H25BrN2O4. The summed E-state index contributed by atoms with van der Waals surface area (Å²) in [4.78, 5) is 24.7. The first-order valence-corrected chi connectivity index (χ1v) is 10.9. The van der Waals surface area contributed by atoms with E-state index in [0.717, 1.165) is 21.2 Å². The van der Waals surface area contributed by atoms with Crippen LogP contribution in [0.1, 0.15) is 34.0 Å². The molecule has 0 bridgehead atoms. The number of ether oxygens (including phenoxy) is 2. The minimum absolute atomic E-state index is 0.394. The van der Waals surface area contributed by atoms with E-state index in [9.17, 15) is 9.59 Å². The van der Waals surface area contributed by atoms with Gasteiger partial charge >= 0.3 is 0 Å². The molecule has 3 aromatic rings. The van der Waals surface area contributed by atoms with Crippen LogP contribution in [-0.2, 0) is 11.4 Å². The molecule has 0 aliphatic carbocycles. The van der Waals surface area contributed by atoms with Gasteiger partial charge in [-0.1, -0.05) is 46.3 Å². The molecule has 3 rings (SSSR count). The van der Waals surface area contributed by atoms with E-state index in [-0.39, 0.29) is 0 Å². The van der Waals surface area contributed by atoms with E-state index < -0.39 is 17.9 Å². The highest BCUT2D eigenvalue weighted by atomic mass is 79.9. The Balaban J connectivity index is 1.49. The molecule has 0 saturated heterocycles. The van der Waals surface area contributed by atoms with E-state index >= 15 is 0 Å². The van der Waals surface area contributed by atoms with Crippen molar-refractivity contribution >= 4 is 27.7 Å². The van der Waals surface area contributed by atoms with Crippen molar-refractivity contribution < 1.29 is 19.1 Å². The lowest BCUT2D eigenvalue weighted by Gasteiger charge is -2.18. The van der Waals surface area contributed by atoms with Gasteiger partial charge in [-0.2, -0.15) is 0 Å². The van der Waals surface area contributed by atoms with E-state index in [1.807, 2.05) is 56.3 Å². The monoisotopic (exact) mass is 496 g/mol. The second kappa shape index (κ2) is 10.8. The fourth-order valence-corrected chi connectivity index (χ4v) is 3.74. The van der Waals surface area contributed by atoms with Crippen LogP contribution in [-0.4, -0.2) is 17.9 Å². The molecule has 1 atom stereocenters. The SMILES string of the molecule is Cc1cc(Br)cc(C)c1OC(C)C(=O)NNC(=O)c1ccc(OCc2ccccc2)cc1. The van der Waals surface area contributed by atoms with Crippen LogP contribution in [0.4, 0.5) is 0 Å². The van der Waals surface area contributed by atoms with Crippen molar-refractivity contribution in [3.8, 4) is 11.5 Å².